The van der Waals surface area contributed by atoms with Crippen LogP contribution in [0.4, 0.5) is 0 Å². The highest BCUT2D eigenvalue weighted by atomic mass is 16.6. The Morgan fingerprint density at radius 1 is 1.40 bits per heavy atom. The van der Waals surface area contributed by atoms with Crippen molar-refractivity contribution >= 4 is 0 Å². The number of hydrogen-bond acceptors (Lipinski definition) is 2. The normalized spacial score (nSPS) is 13.5. The number of nitrogens with zero attached hydrogens (tertiary/aromatic N) is 2. The predicted molar refractivity (Wildman–Crippen MR) is 40.0 cm³/mol. The Morgan fingerprint density at radius 2 is 1.90 bits per heavy atom. The second kappa shape index (κ2) is 3.54. The van der Waals surface area contributed by atoms with E-state index in [-0.39, 0.29) is 5.54 Å². The van der Waals surface area contributed by atoms with Crippen LogP contribution < -0.4 is 0 Å². The van der Waals surface area contributed by atoms with Gasteiger partial charge in [0.15, 0.2) is 17.9 Å². The molecular formula is C7H17N2O+. The first-order chi connectivity index (χ1) is 4.48. The fourth-order valence-electron chi connectivity index (χ4n) is 0.267. The van der Waals surface area contributed by atoms with Crippen molar-refractivity contribution < 1.29 is 9.53 Å². The van der Waals surface area contributed by atoms with Crippen molar-refractivity contribution in [1.82, 2.24) is 0 Å². The van der Waals surface area contributed by atoms with E-state index in [4.69, 9.17) is 4.84 Å². The molecule has 3 nitrogen and oxygen atoms in total. The van der Waals surface area contributed by atoms with E-state index in [1.54, 1.807) is 4.70 Å². The van der Waals surface area contributed by atoms with Crippen LogP contribution in [0.15, 0.2) is 5.28 Å². The molecule has 0 rings (SSSR count). The molecule has 0 heterocycles. The summed E-state index contributed by atoms with van der Waals surface area (Å²) in [5.41, 5.74) is 0.0508. The standard InChI is InChI=1S/C7H17N2O/c1-6-10-8-9(5)7(2,3)4/h6H2,1-5H3/q+1. The van der Waals surface area contributed by atoms with Gasteiger partial charge in [0.1, 0.15) is 6.61 Å². The number of hydrogen-bond donors (Lipinski definition) is 0. The van der Waals surface area contributed by atoms with E-state index in [0.29, 0.717) is 6.61 Å². The van der Waals surface area contributed by atoms with E-state index in [9.17, 15) is 0 Å². The van der Waals surface area contributed by atoms with Crippen LogP contribution in [0.2, 0.25) is 0 Å². The minimum atomic E-state index is 0.0508. The van der Waals surface area contributed by atoms with Crippen LogP contribution in [0.1, 0.15) is 27.7 Å². The lowest BCUT2D eigenvalue weighted by Gasteiger charge is -2.09. The summed E-state index contributed by atoms with van der Waals surface area (Å²) < 4.78 is 1.80. The monoisotopic (exact) mass is 145 g/mol. The summed E-state index contributed by atoms with van der Waals surface area (Å²) in [6.07, 6.45) is 0. The predicted octanol–water partition coefficient (Wildman–Crippen LogP) is 1.83. The SMILES string of the molecule is CCON=[N+](C)C(C)(C)C. The van der Waals surface area contributed by atoms with Gasteiger partial charge in [-0.3, -0.25) is 0 Å². The van der Waals surface area contributed by atoms with Crippen LogP contribution in [-0.2, 0) is 4.84 Å². The van der Waals surface area contributed by atoms with Gasteiger partial charge in [-0.05, 0) is 6.92 Å². The van der Waals surface area contributed by atoms with Crippen LogP contribution >= 0.6 is 0 Å². The van der Waals surface area contributed by atoms with Crippen molar-refractivity contribution in [1.29, 1.82) is 0 Å². The maximum atomic E-state index is 4.87. The smallest absolute Gasteiger partial charge is 0.186 e. The molecule has 0 aliphatic carbocycles. The minimum absolute atomic E-state index is 0.0508. The van der Waals surface area contributed by atoms with Gasteiger partial charge in [0.25, 0.3) is 0 Å². The van der Waals surface area contributed by atoms with Gasteiger partial charge in [-0.25, -0.2) is 0 Å². The maximum Gasteiger partial charge on any atom is 0.186 e. The third-order valence-electron chi connectivity index (χ3n) is 1.28. The Bertz CT molecular complexity index is 124. The third-order valence-corrected chi connectivity index (χ3v) is 1.28. The molecule has 0 aromatic rings. The van der Waals surface area contributed by atoms with E-state index in [1.807, 2.05) is 14.0 Å². The molecule has 0 saturated heterocycles. The molecule has 0 aromatic heterocycles. The fraction of sp³-hybridized carbons (Fsp3) is 1.00. The second-order valence-corrected chi connectivity index (χ2v) is 3.19. The molecule has 0 aliphatic rings. The van der Waals surface area contributed by atoms with Crippen molar-refractivity contribution in [2.45, 2.75) is 33.2 Å². The third kappa shape index (κ3) is 3.43. The molecule has 0 N–H and O–H groups in total. The molecule has 0 spiro atoms. The summed E-state index contributed by atoms with van der Waals surface area (Å²) in [4.78, 5) is 4.87. The summed E-state index contributed by atoms with van der Waals surface area (Å²) in [5, 5.41) is 3.85. The highest BCUT2D eigenvalue weighted by Crippen LogP contribution is 2.04. The first-order valence-corrected chi connectivity index (χ1v) is 3.55. The van der Waals surface area contributed by atoms with Gasteiger partial charge in [0, 0.05) is 20.8 Å². The van der Waals surface area contributed by atoms with Crippen LogP contribution in [0, 0.1) is 0 Å². The molecule has 0 radical (unpaired) electrons. The van der Waals surface area contributed by atoms with E-state index in [2.05, 4.69) is 26.0 Å². The Hall–Kier alpha value is -0.600. The van der Waals surface area contributed by atoms with E-state index < -0.39 is 0 Å². The quantitative estimate of drug-likeness (QED) is 0.330. The zero-order chi connectivity index (χ0) is 8.20. The van der Waals surface area contributed by atoms with Gasteiger partial charge in [-0.15, -0.1) is 0 Å². The lowest BCUT2D eigenvalue weighted by atomic mass is 10.1. The fourth-order valence-corrected chi connectivity index (χ4v) is 0.267. The molecule has 0 amide bonds. The van der Waals surface area contributed by atoms with Crippen molar-refractivity contribution in [3.05, 3.63) is 0 Å². The molecule has 0 saturated carbocycles. The molecule has 0 fully saturated rings. The van der Waals surface area contributed by atoms with Crippen molar-refractivity contribution in [3.8, 4) is 0 Å². The molecule has 60 valence electrons. The topological polar surface area (TPSA) is 24.6 Å². The summed E-state index contributed by atoms with van der Waals surface area (Å²) in [7, 11) is 1.90. The van der Waals surface area contributed by atoms with Crippen molar-refractivity contribution in [2.75, 3.05) is 13.7 Å². The Kier molecular flexibility index (Phi) is 3.33. The summed E-state index contributed by atoms with van der Waals surface area (Å²) in [5.74, 6) is 0. The number of rotatable bonds is 2. The van der Waals surface area contributed by atoms with E-state index >= 15 is 0 Å². The Labute approximate surface area is 62.7 Å². The summed E-state index contributed by atoms with van der Waals surface area (Å²) in [6.45, 7) is 8.78. The van der Waals surface area contributed by atoms with Crippen LogP contribution in [0.25, 0.3) is 0 Å². The lowest BCUT2D eigenvalue weighted by molar-refractivity contribution is -0.653. The highest BCUT2D eigenvalue weighted by molar-refractivity contribution is 4.52. The molecule has 0 atom stereocenters. The lowest BCUT2D eigenvalue weighted by Crippen LogP contribution is -2.28. The van der Waals surface area contributed by atoms with Gasteiger partial charge in [-0.2, -0.15) is 0 Å². The van der Waals surface area contributed by atoms with Gasteiger partial charge >= 0.3 is 0 Å². The zero-order valence-electron chi connectivity index (χ0n) is 7.51. The molecular weight excluding hydrogens is 128 g/mol. The largest absolute Gasteiger partial charge is 0.348 e. The van der Waals surface area contributed by atoms with Gasteiger partial charge in [0.05, 0.1) is 0 Å². The summed E-state index contributed by atoms with van der Waals surface area (Å²) >= 11 is 0. The molecule has 3 heteroatoms. The van der Waals surface area contributed by atoms with Crippen LogP contribution in [0.5, 0.6) is 0 Å². The minimum Gasteiger partial charge on any atom is -0.348 e. The van der Waals surface area contributed by atoms with Crippen molar-refractivity contribution in [2.24, 2.45) is 5.28 Å². The average molecular weight is 145 g/mol. The average Bonchev–Trinajstić information content (AvgIpc) is 1.80. The maximum absolute atomic E-state index is 4.87. The van der Waals surface area contributed by atoms with Gasteiger partial charge < -0.3 is 4.84 Å². The van der Waals surface area contributed by atoms with E-state index in [0.717, 1.165) is 0 Å². The van der Waals surface area contributed by atoms with Gasteiger partial charge in [-0.1, -0.05) is 4.70 Å². The molecule has 10 heavy (non-hydrogen) atoms. The van der Waals surface area contributed by atoms with Crippen LogP contribution in [0.3, 0.4) is 0 Å². The molecule has 0 unspecified atom stereocenters. The van der Waals surface area contributed by atoms with Crippen LogP contribution in [-0.4, -0.2) is 23.9 Å². The first kappa shape index (κ1) is 9.40. The van der Waals surface area contributed by atoms with Gasteiger partial charge in [0.2, 0.25) is 0 Å². The van der Waals surface area contributed by atoms with Crippen molar-refractivity contribution in [3.63, 3.8) is 0 Å². The zero-order valence-corrected chi connectivity index (χ0v) is 7.51. The Morgan fingerprint density at radius 3 is 2.20 bits per heavy atom. The molecule has 0 bridgehead atoms. The van der Waals surface area contributed by atoms with E-state index in [1.165, 1.54) is 0 Å². The molecule has 0 aliphatic heterocycles. The second-order valence-electron chi connectivity index (χ2n) is 3.19. The summed E-state index contributed by atoms with van der Waals surface area (Å²) in [6, 6.07) is 0. The molecule has 0 aromatic carbocycles. The highest BCUT2D eigenvalue weighted by Gasteiger charge is 2.22. The first-order valence-electron chi connectivity index (χ1n) is 3.55. The Balaban J connectivity index is 3.93.